The first-order valence-corrected chi connectivity index (χ1v) is 8.64. The summed E-state index contributed by atoms with van der Waals surface area (Å²) < 4.78 is 9.21. The van der Waals surface area contributed by atoms with Gasteiger partial charge in [-0.2, -0.15) is 0 Å². The van der Waals surface area contributed by atoms with Crippen LogP contribution in [0.15, 0.2) is 18.2 Å². The molecule has 0 fully saturated rings. The van der Waals surface area contributed by atoms with Crippen LogP contribution in [0.2, 0.25) is 0 Å². The second-order valence-corrected chi connectivity index (χ2v) is 6.23. The Balaban J connectivity index is 1.82. The monoisotopic (exact) mass is 361 g/mol. The normalized spacial score (nSPS) is 13.9. The van der Waals surface area contributed by atoms with Crippen molar-refractivity contribution in [2.45, 2.75) is 51.6 Å². The van der Waals surface area contributed by atoms with Gasteiger partial charge in [-0.3, -0.25) is 19.7 Å². The highest BCUT2D eigenvalue weighted by Gasteiger charge is 2.21. The molecule has 0 aromatic heterocycles. The van der Waals surface area contributed by atoms with Gasteiger partial charge in [-0.25, -0.2) is 4.79 Å². The lowest BCUT2D eigenvalue weighted by atomic mass is 9.89. The lowest BCUT2D eigenvalue weighted by molar-refractivity contribution is -0.154. The smallest absolute Gasteiger partial charge is 0.413 e. The van der Waals surface area contributed by atoms with E-state index in [1.54, 1.807) is 6.07 Å². The number of ketones is 1. The first-order valence-electron chi connectivity index (χ1n) is 8.64. The van der Waals surface area contributed by atoms with Crippen LogP contribution in [0.1, 0.15) is 54.1 Å². The van der Waals surface area contributed by atoms with Crippen LogP contribution in [0.3, 0.4) is 0 Å². The molecule has 0 saturated heterocycles. The molecule has 140 valence electrons. The molecule has 2 amide bonds. The van der Waals surface area contributed by atoms with E-state index in [-0.39, 0.29) is 18.6 Å². The molecule has 1 atom stereocenters. The quantitative estimate of drug-likeness (QED) is 0.617. The molecule has 26 heavy (non-hydrogen) atoms. The van der Waals surface area contributed by atoms with Gasteiger partial charge >= 0.3 is 12.1 Å². The van der Waals surface area contributed by atoms with Crippen LogP contribution in [-0.2, 0) is 31.9 Å². The highest BCUT2D eigenvalue weighted by molar-refractivity contribution is 5.98. The van der Waals surface area contributed by atoms with E-state index in [1.165, 1.54) is 24.5 Å². The van der Waals surface area contributed by atoms with E-state index in [2.05, 4.69) is 4.74 Å². The zero-order chi connectivity index (χ0) is 19.1. The maximum Gasteiger partial charge on any atom is 0.413 e. The first-order chi connectivity index (χ1) is 12.4. The Morgan fingerprint density at radius 2 is 1.77 bits per heavy atom. The summed E-state index contributed by atoms with van der Waals surface area (Å²) in [5.41, 5.74) is 3.09. The zero-order valence-corrected chi connectivity index (χ0v) is 15.0. The number of imide groups is 1. The maximum absolute atomic E-state index is 12.3. The second-order valence-electron chi connectivity index (χ2n) is 6.23. The summed E-state index contributed by atoms with van der Waals surface area (Å²) in [6, 6.07) is 5.69. The molecule has 7 heteroatoms. The maximum atomic E-state index is 12.3. The number of Topliss-reactive ketones (excluding diaryl/α,β-unsaturated/α-hetero) is 1. The third-order valence-corrected chi connectivity index (χ3v) is 4.31. The molecule has 0 heterocycles. The minimum atomic E-state index is -1.15. The van der Waals surface area contributed by atoms with Crippen molar-refractivity contribution in [2.24, 2.45) is 0 Å². The zero-order valence-electron chi connectivity index (χ0n) is 15.0. The highest BCUT2D eigenvalue weighted by atomic mass is 16.6. The fourth-order valence-corrected chi connectivity index (χ4v) is 2.83. The Labute approximate surface area is 152 Å². The highest BCUT2D eigenvalue weighted by Crippen LogP contribution is 2.23. The summed E-state index contributed by atoms with van der Waals surface area (Å²) in [5, 5.41) is 1.91. The number of fused-ring (bicyclic) bond motifs is 1. The molecule has 0 spiro atoms. The minimum Gasteiger partial charge on any atom is -0.453 e. The average Bonchev–Trinajstić information content (AvgIpc) is 2.65. The number of hydrogen-bond acceptors (Lipinski definition) is 6. The molecular formula is C19H23NO6. The number of ether oxygens (including phenoxy) is 2. The number of rotatable bonds is 6. The molecule has 1 aliphatic carbocycles. The van der Waals surface area contributed by atoms with Crippen LogP contribution in [-0.4, -0.2) is 37.0 Å². The second kappa shape index (κ2) is 9.12. The number of alkyl carbamates (subject to hydrolysis) is 1. The van der Waals surface area contributed by atoms with Crippen molar-refractivity contribution in [1.82, 2.24) is 5.32 Å². The summed E-state index contributed by atoms with van der Waals surface area (Å²) in [4.78, 5) is 46.6. The van der Waals surface area contributed by atoms with E-state index in [0.717, 1.165) is 26.4 Å². The topological polar surface area (TPSA) is 98.8 Å². The fourth-order valence-electron chi connectivity index (χ4n) is 2.83. The van der Waals surface area contributed by atoms with Crippen LogP contribution in [0.5, 0.6) is 0 Å². The molecule has 0 bridgehead atoms. The van der Waals surface area contributed by atoms with Gasteiger partial charge in [0.25, 0.3) is 5.91 Å². The lowest BCUT2D eigenvalue weighted by Gasteiger charge is -2.16. The van der Waals surface area contributed by atoms with Crippen molar-refractivity contribution in [3.63, 3.8) is 0 Å². The van der Waals surface area contributed by atoms with Crippen molar-refractivity contribution in [1.29, 1.82) is 0 Å². The molecule has 0 saturated carbocycles. The van der Waals surface area contributed by atoms with Gasteiger partial charge < -0.3 is 9.47 Å². The summed E-state index contributed by atoms with van der Waals surface area (Å²) >= 11 is 0. The van der Waals surface area contributed by atoms with Gasteiger partial charge in [-0.05, 0) is 49.8 Å². The minimum absolute atomic E-state index is 0.00294. The molecular weight excluding hydrogens is 338 g/mol. The molecule has 2 rings (SSSR count). The fraction of sp³-hybridized carbons (Fsp3) is 0.474. The SMILES string of the molecule is COC(=O)NC(=O)[C@H](C)OC(=O)CCC(=O)c1ccc2c(c1)CCCC2. The van der Waals surface area contributed by atoms with Crippen LogP contribution in [0.4, 0.5) is 4.79 Å². The van der Waals surface area contributed by atoms with Crippen LogP contribution in [0, 0.1) is 0 Å². The van der Waals surface area contributed by atoms with Gasteiger partial charge in [0.1, 0.15) is 0 Å². The number of carbonyl (C=O) groups is 4. The third kappa shape index (κ3) is 5.40. The summed E-state index contributed by atoms with van der Waals surface area (Å²) in [6.07, 6.45) is 2.11. The number of carbonyl (C=O) groups excluding carboxylic acids is 4. The van der Waals surface area contributed by atoms with Crippen molar-refractivity contribution in [3.05, 3.63) is 34.9 Å². The third-order valence-electron chi connectivity index (χ3n) is 4.31. The predicted molar refractivity (Wildman–Crippen MR) is 92.8 cm³/mol. The average molecular weight is 361 g/mol. The van der Waals surface area contributed by atoms with E-state index in [4.69, 9.17) is 4.74 Å². The van der Waals surface area contributed by atoms with Gasteiger partial charge in [0.2, 0.25) is 0 Å². The number of amides is 2. The molecule has 1 aromatic carbocycles. The Morgan fingerprint density at radius 3 is 2.46 bits per heavy atom. The van der Waals surface area contributed by atoms with Gasteiger partial charge in [0.05, 0.1) is 13.5 Å². The Kier molecular flexibility index (Phi) is 6.89. The van der Waals surface area contributed by atoms with E-state index < -0.39 is 24.1 Å². The molecule has 0 aliphatic heterocycles. The predicted octanol–water partition coefficient (Wildman–Crippen LogP) is 2.34. The molecule has 7 nitrogen and oxygen atoms in total. The Hall–Kier alpha value is -2.70. The standard InChI is InChI=1S/C19H23NO6/c1-12(18(23)20-19(24)25-2)26-17(22)10-9-16(21)15-8-7-13-5-3-4-6-14(13)11-15/h7-8,11-12H,3-6,9-10H2,1-2H3,(H,20,23,24)/t12-/m0/s1. The molecule has 0 radical (unpaired) electrons. The van der Waals surface area contributed by atoms with E-state index >= 15 is 0 Å². The molecule has 0 unspecified atom stereocenters. The number of methoxy groups -OCH3 is 1. The van der Waals surface area contributed by atoms with Gasteiger partial charge in [0, 0.05) is 12.0 Å². The van der Waals surface area contributed by atoms with Crippen molar-refractivity contribution >= 4 is 23.8 Å². The summed E-state index contributed by atoms with van der Waals surface area (Å²) in [5.74, 6) is -1.60. The van der Waals surface area contributed by atoms with Crippen molar-refractivity contribution in [2.75, 3.05) is 7.11 Å². The number of benzene rings is 1. The molecule has 1 aromatic rings. The first kappa shape index (κ1) is 19.6. The van der Waals surface area contributed by atoms with Crippen LogP contribution in [0.25, 0.3) is 0 Å². The molecule has 1 aliphatic rings. The Bertz CT molecular complexity index is 712. The van der Waals surface area contributed by atoms with Gasteiger partial charge in [0.15, 0.2) is 11.9 Å². The van der Waals surface area contributed by atoms with Crippen LogP contribution < -0.4 is 5.32 Å². The summed E-state index contributed by atoms with van der Waals surface area (Å²) in [7, 11) is 1.12. The largest absolute Gasteiger partial charge is 0.453 e. The molecule has 1 N–H and O–H groups in total. The van der Waals surface area contributed by atoms with Crippen LogP contribution >= 0.6 is 0 Å². The lowest BCUT2D eigenvalue weighted by Crippen LogP contribution is -2.39. The Morgan fingerprint density at radius 1 is 1.08 bits per heavy atom. The van der Waals surface area contributed by atoms with E-state index in [0.29, 0.717) is 5.56 Å². The van der Waals surface area contributed by atoms with Crippen molar-refractivity contribution in [3.8, 4) is 0 Å². The van der Waals surface area contributed by atoms with Crippen molar-refractivity contribution < 1.29 is 28.7 Å². The van der Waals surface area contributed by atoms with E-state index in [1.807, 2.05) is 17.4 Å². The number of aryl methyl sites for hydroxylation is 2. The number of esters is 1. The number of nitrogens with one attached hydrogen (secondary N) is 1. The number of hydrogen-bond donors (Lipinski definition) is 1. The van der Waals surface area contributed by atoms with Gasteiger partial charge in [-0.15, -0.1) is 0 Å². The van der Waals surface area contributed by atoms with Gasteiger partial charge in [-0.1, -0.05) is 12.1 Å². The van der Waals surface area contributed by atoms with E-state index in [9.17, 15) is 19.2 Å². The summed E-state index contributed by atoms with van der Waals surface area (Å²) in [6.45, 7) is 1.33.